The molecule has 2 rings (SSSR count). The largest absolute Gasteiger partial charge is 0.337 e. The van der Waals surface area contributed by atoms with E-state index in [0.29, 0.717) is 17.8 Å². The lowest BCUT2D eigenvalue weighted by Crippen LogP contribution is -2.47. The van der Waals surface area contributed by atoms with Crippen LogP contribution in [0.3, 0.4) is 0 Å². The number of nitrogens with zero attached hydrogens (tertiary/aromatic N) is 3. The van der Waals surface area contributed by atoms with E-state index in [1.807, 2.05) is 18.0 Å². The van der Waals surface area contributed by atoms with E-state index < -0.39 is 0 Å². The lowest BCUT2D eigenvalue weighted by atomic mass is 10.0. The summed E-state index contributed by atoms with van der Waals surface area (Å²) in [5, 5.41) is 0. The van der Waals surface area contributed by atoms with E-state index >= 15 is 0 Å². The molecule has 110 valence electrons. The fourth-order valence-electron chi connectivity index (χ4n) is 2.64. The van der Waals surface area contributed by atoms with Gasteiger partial charge >= 0.3 is 0 Å². The van der Waals surface area contributed by atoms with E-state index in [1.54, 1.807) is 12.3 Å². The van der Waals surface area contributed by atoms with Gasteiger partial charge < -0.3 is 9.80 Å². The second kappa shape index (κ2) is 6.68. The first-order chi connectivity index (χ1) is 9.49. The lowest BCUT2D eigenvalue weighted by molar-refractivity contribution is 0.0610. The Balaban J connectivity index is 1.96. The van der Waals surface area contributed by atoms with E-state index in [-0.39, 0.29) is 5.91 Å². The van der Waals surface area contributed by atoms with Gasteiger partial charge in [-0.1, -0.05) is 0 Å². The molecule has 0 atom stereocenters. The number of rotatable bonds is 3. The normalized spacial score (nSPS) is 17.4. The Kier molecular flexibility index (Phi) is 5.16. The van der Waals surface area contributed by atoms with Crippen LogP contribution in [0.2, 0.25) is 0 Å². The summed E-state index contributed by atoms with van der Waals surface area (Å²) >= 11 is 3.34. The number of likely N-dealkylation sites (tertiary alicyclic amines) is 1. The number of halogens is 1. The number of hydrogen-bond acceptors (Lipinski definition) is 3. The van der Waals surface area contributed by atoms with Crippen molar-refractivity contribution in [3.05, 3.63) is 28.5 Å². The molecule has 0 unspecified atom stereocenters. The zero-order valence-electron chi connectivity index (χ0n) is 12.3. The van der Waals surface area contributed by atoms with E-state index in [0.717, 1.165) is 30.4 Å². The second-order valence-corrected chi connectivity index (χ2v) is 6.55. The summed E-state index contributed by atoms with van der Waals surface area (Å²) in [5.41, 5.74) is 0.516. The van der Waals surface area contributed by atoms with Crippen molar-refractivity contribution in [3.8, 4) is 0 Å². The molecule has 20 heavy (non-hydrogen) atoms. The van der Waals surface area contributed by atoms with Gasteiger partial charge in [0.05, 0.1) is 0 Å². The van der Waals surface area contributed by atoms with Crippen molar-refractivity contribution in [2.75, 3.05) is 20.1 Å². The van der Waals surface area contributed by atoms with Crippen LogP contribution in [0.15, 0.2) is 22.8 Å². The average Bonchev–Trinajstić information content (AvgIpc) is 2.46. The average molecular weight is 340 g/mol. The van der Waals surface area contributed by atoms with Crippen LogP contribution in [0.1, 0.15) is 37.2 Å². The molecular formula is C15H22BrN3O. The molecule has 1 amide bonds. The van der Waals surface area contributed by atoms with Gasteiger partial charge in [0, 0.05) is 42.9 Å². The van der Waals surface area contributed by atoms with Gasteiger partial charge in [-0.25, -0.2) is 4.98 Å². The molecule has 0 radical (unpaired) electrons. The molecule has 0 spiro atoms. The minimum absolute atomic E-state index is 0.0143. The van der Waals surface area contributed by atoms with E-state index in [9.17, 15) is 4.79 Å². The van der Waals surface area contributed by atoms with Crippen LogP contribution in [-0.2, 0) is 0 Å². The Bertz CT molecular complexity index is 453. The smallest absolute Gasteiger partial charge is 0.272 e. The maximum atomic E-state index is 12.4. The maximum absolute atomic E-state index is 12.4. The first-order valence-electron chi connectivity index (χ1n) is 7.12. The van der Waals surface area contributed by atoms with Gasteiger partial charge in [0.2, 0.25) is 0 Å². The highest BCUT2D eigenvalue weighted by Gasteiger charge is 2.27. The number of carbonyl (C=O) groups excluding carboxylic acids is 1. The van der Waals surface area contributed by atoms with Crippen LogP contribution in [0.4, 0.5) is 0 Å². The second-order valence-electron chi connectivity index (χ2n) is 5.64. The Morgan fingerprint density at radius 3 is 2.55 bits per heavy atom. The van der Waals surface area contributed by atoms with Crippen LogP contribution >= 0.6 is 15.9 Å². The van der Waals surface area contributed by atoms with E-state index in [2.05, 4.69) is 39.7 Å². The third kappa shape index (κ3) is 3.58. The fraction of sp³-hybridized carbons (Fsp3) is 0.600. The van der Waals surface area contributed by atoms with Gasteiger partial charge in [0.15, 0.2) is 0 Å². The molecule has 1 aliphatic rings. The van der Waals surface area contributed by atoms with Gasteiger partial charge in [-0.15, -0.1) is 0 Å². The minimum Gasteiger partial charge on any atom is -0.337 e. The summed E-state index contributed by atoms with van der Waals surface area (Å²) in [5.74, 6) is 0.0143. The molecule has 0 N–H and O–H groups in total. The van der Waals surface area contributed by atoms with Gasteiger partial charge in [-0.3, -0.25) is 4.79 Å². The third-order valence-corrected chi connectivity index (χ3v) is 4.51. The van der Waals surface area contributed by atoms with Crippen LogP contribution < -0.4 is 0 Å². The molecule has 2 heterocycles. The first-order valence-corrected chi connectivity index (χ1v) is 7.91. The predicted molar refractivity (Wildman–Crippen MR) is 83.8 cm³/mol. The highest BCUT2D eigenvalue weighted by molar-refractivity contribution is 9.10. The molecule has 1 aromatic rings. The van der Waals surface area contributed by atoms with Crippen LogP contribution in [0.5, 0.6) is 0 Å². The summed E-state index contributed by atoms with van der Waals surface area (Å²) in [4.78, 5) is 20.9. The van der Waals surface area contributed by atoms with Crippen molar-refractivity contribution in [1.29, 1.82) is 0 Å². The highest BCUT2D eigenvalue weighted by Crippen LogP contribution is 2.19. The molecule has 4 nitrogen and oxygen atoms in total. The summed E-state index contributed by atoms with van der Waals surface area (Å²) in [6.07, 6.45) is 3.75. The first kappa shape index (κ1) is 15.4. The van der Waals surface area contributed by atoms with Crippen LogP contribution in [0.25, 0.3) is 0 Å². The summed E-state index contributed by atoms with van der Waals surface area (Å²) in [7, 11) is 1.89. The Hall–Kier alpha value is -0.940. The van der Waals surface area contributed by atoms with E-state index in [1.165, 1.54) is 0 Å². The number of pyridine rings is 1. The molecule has 1 aromatic heterocycles. The molecule has 0 bridgehead atoms. The molecule has 0 aliphatic carbocycles. The molecule has 1 saturated heterocycles. The minimum atomic E-state index is 0.0143. The van der Waals surface area contributed by atoms with Crippen molar-refractivity contribution in [3.63, 3.8) is 0 Å². The lowest BCUT2D eigenvalue weighted by Gasteiger charge is -2.38. The standard InChI is InChI=1S/C15H22BrN3O/c1-11(2)19-8-6-13(7-9-19)18(3)15(20)14-5-4-12(16)10-17-14/h4-5,10-11,13H,6-9H2,1-3H3. The van der Waals surface area contributed by atoms with Gasteiger partial charge in [-0.05, 0) is 54.8 Å². The summed E-state index contributed by atoms with van der Waals surface area (Å²) in [6.45, 7) is 6.57. The zero-order valence-corrected chi connectivity index (χ0v) is 13.9. The van der Waals surface area contributed by atoms with Gasteiger partial charge in [0.25, 0.3) is 5.91 Å². The predicted octanol–water partition coefficient (Wildman–Crippen LogP) is 2.79. The monoisotopic (exact) mass is 339 g/mol. The highest BCUT2D eigenvalue weighted by atomic mass is 79.9. The Morgan fingerprint density at radius 2 is 2.05 bits per heavy atom. The third-order valence-electron chi connectivity index (χ3n) is 4.04. The molecule has 1 aliphatic heterocycles. The van der Waals surface area contributed by atoms with Crippen LogP contribution in [-0.4, -0.2) is 52.9 Å². The maximum Gasteiger partial charge on any atom is 0.272 e. The van der Waals surface area contributed by atoms with Crippen molar-refractivity contribution < 1.29 is 4.79 Å². The van der Waals surface area contributed by atoms with Crippen LogP contribution in [0, 0.1) is 0 Å². The Labute approximate surface area is 129 Å². The van der Waals surface area contributed by atoms with Gasteiger partial charge in [-0.2, -0.15) is 0 Å². The van der Waals surface area contributed by atoms with Crippen molar-refractivity contribution in [2.45, 2.75) is 38.8 Å². The topological polar surface area (TPSA) is 36.4 Å². The summed E-state index contributed by atoms with van der Waals surface area (Å²) < 4.78 is 0.891. The number of aromatic nitrogens is 1. The van der Waals surface area contributed by atoms with Crippen molar-refractivity contribution in [2.24, 2.45) is 0 Å². The molecule has 1 fully saturated rings. The number of hydrogen-bond donors (Lipinski definition) is 0. The fourth-order valence-corrected chi connectivity index (χ4v) is 2.87. The van der Waals surface area contributed by atoms with Crippen molar-refractivity contribution in [1.82, 2.24) is 14.8 Å². The van der Waals surface area contributed by atoms with Gasteiger partial charge in [0.1, 0.15) is 5.69 Å². The molecule has 0 saturated carbocycles. The molecule has 0 aromatic carbocycles. The Morgan fingerprint density at radius 1 is 1.40 bits per heavy atom. The van der Waals surface area contributed by atoms with E-state index in [4.69, 9.17) is 0 Å². The molecule has 5 heteroatoms. The number of carbonyl (C=O) groups is 1. The molecular weight excluding hydrogens is 318 g/mol. The number of amides is 1. The van der Waals surface area contributed by atoms with Crippen molar-refractivity contribution >= 4 is 21.8 Å². The summed E-state index contributed by atoms with van der Waals surface area (Å²) in [6, 6.07) is 4.54. The quantitative estimate of drug-likeness (QED) is 0.849. The SMILES string of the molecule is CC(C)N1CCC(N(C)C(=O)c2ccc(Br)cn2)CC1. The zero-order chi connectivity index (χ0) is 14.7. The number of piperidine rings is 1.